The lowest BCUT2D eigenvalue weighted by Gasteiger charge is -2.35. The zero-order valence-electron chi connectivity index (χ0n) is 17.7. The van der Waals surface area contributed by atoms with Gasteiger partial charge in [0.25, 0.3) is 0 Å². The van der Waals surface area contributed by atoms with Gasteiger partial charge in [0.1, 0.15) is 11.9 Å². The van der Waals surface area contributed by atoms with Gasteiger partial charge in [0, 0.05) is 32.3 Å². The van der Waals surface area contributed by atoms with Gasteiger partial charge in [-0.1, -0.05) is 18.2 Å². The second-order valence-corrected chi connectivity index (χ2v) is 7.46. The fourth-order valence-corrected chi connectivity index (χ4v) is 3.71. The number of benzene rings is 1. The average Bonchev–Trinajstić information content (AvgIpc) is 3.21. The van der Waals surface area contributed by atoms with E-state index in [0.29, 0.717) is 50.7 Å². The minimum absolute atomic E-state index is 0.403. The first kappa shape index (κ1) is 22.1. The fourth-order valence-electron chi connectivity index (χ4n) is 3.71. The molecule has 1 aliphatic rings. The van der Waals surface area contributed by atoms with Gasteiger partial charge in [-0.05, 0) is 36.8 Å². The standard InChI is InChI=1S/C22H25F3N6O/c1-2-26-21(27-10-9-20-29-28-19-8-3-4-11-31(19)20)30-12-13-32-18(15-30)16-6-5-7-17(14-16)22(23,24)25/h3-8,11,14,18H,2,9-10,12-13,15H2,1H3,(H,26,27). The number of nitrogens with zero attached hydrogens (tertiary/aromatic N) is 5. The van der Waals surface area contributed by atoms with Crippen LogP contribution in [-0.4, -0.2) is 58.2 Å². The number of rotatable bonds is 5. The molecule has 0 radical (unpaired) electrons. The molecule has 3 aromatic rings. The Hall–Kier alpha value is -3.14. The summed E-state index contributed by atoms with van der Waals surface area (Å²) in [4.78, 5) is 6.75. The van der Waals surface area contributed by atoms with Gasteiger partial charge in [-0.15, -0.1) is 10.2 Å². The smallest absolute Gasteiger partial charge is 0.370 e. The Labute approximate surface area is 183 Å². The van der Waals surface area contributed by atoms with Crippen LogP contribution < -0.4 is 5.32 Å². The molecule has 2 aromatic heterocycles. The van der Waals surface area contributed by atoms with E-state index in [1.807, 2.05) is 40.6 Å². The number of guanidine groups is 1. The molecular weight excluding hydrogens is 421 g/mol. The Morgan fingerprint density at radius 1 is 1.22 bits per heavy atom. The summed E-state index contributed by atoms with van der Waals surface area (Å²) in [6.07, 6.45) is -2.31. The largest absolute Gasteiger partial charge is 0.416 e. The first-order valence-corrected chi connectivity index (χ1v) is 10.6. The van der Waals surface area contributed by atoms with Crippen molar-refractivity contribution in [1.29, 1.82) is 0 Å². The maximum absolute atomic E-state index is 13.1. The highest BCUT2D eigenvalue weighted by molar-refractivity contribution is 5.80. The third-order valence-electron chi connectivity index (χ3n) is 5.27. The molecule has 1 fully saturated rings. The minimum atomic E-state index is -4.38. The molecule has 1 aliphatic heterocycles. The third-order valence-corrected chi connectivity index (χ3v) is 5.27. The molecule has 3 heterocycles. The molecular formula is C22H25F3N6O. The van der Waals surface area contributed by atoms with Gasteiger partial charge in [-0.3, -0.25) is 9.39 Å². The molecule has 0 spiro atoms. The second kappa shape index (κ2) is 9.56. The summed E-state index contributed by atoms with van der Waals surface area (Å²) in [6.45, 7) is 4.59. The number of hydrogen-bond donors (Lipinski definition) is 1. The van der Waals surface area contributed by atoms with Gasteiger partial charge in [-0.2, -0.15) is 13.2 Å². The average molecular weight is 446 g/mol. The number of nitrogens with one attached hydrogen (secondary N) is 1. The van der Waals surface area contributed by atoms with Crippen molar-refractivity contribution in [2.75, 3.05) is 32.8 Å². The SMILES string of the molecule is CCNC(=NCCc1nnc2ccccn12)N1CCOC(c2cccc(C(F)(F)F)c2)C1. The maximum atomic E-state index is 13.1. The highest BCUT2D eigenvalue weighted by atomic mass is 19.4. The number of pyridine rings is 1. The van der Waals surface area contributed by atoms with Crippen molar-refractivity contribution in [2.45, 2.75) is 25.6 Å². The van der Waals surface area contributed by atoms with Crippen LogP contribution in [0.4, 0.5) is 13.2 Å². The Kier molecular flexibility index (Phi) is 6.59. The molecule has 0 aliphatic carbocycles. The van der Waals surface area contributed by atoms with Gasteiger partial charge in [0.15, 0.2) is 11.6 Å². The van der Waals surface area contributed by atoms with Crippen molar-refractivity contribution < 1.29 is 17.9 Å². The zero-order valence-corrected chi connectivity index (χ0v) is 17.7. The number of hydrogen-bond acceptors (Lipinski definition) is 4. The molecule has 170 valence electrons. The molecule has 0 saturated carbocycles. The van der Waals surface area contributed by atoms with Crippen molar-refractivity contribution in [1.82, 2.24) is 24.8 Å². The number of aromatic nitrogens is 3. The number of alkyl halides is 3. The summed E-state index contributed by atoms with van der Waals surface area (Å²) in [5.74, 6) is 1.53. The van der Waals surface area contributed by atoms with E-state index < -0.39 is 17.8 Å². The molecule has 0 amide bonds. The van der Waals surface area contributed by atoms with E-state index in [1.165, 1.54) is 6.07 Å². The van der Waals surface area contributed by atoms with Crippen molar-refractivity contribution in [2.24, 2.45) is 4.99 Å². The molecule has 1 atom stereocenters. The van der Waals surface area contributed by atoms with Crippen molar-refractivity contribution in [3.8, 4) is 0 Å². The lowest BCUT2D eigenvalue weighted by Crippen LogP contribution is -2.48. The van der Waals surface area contributed by atoms with E-state index in [2.05, 4.69) is 15.5 Å². The van der Waals surface area contributed by atoms with E-state index >= 15 is 0 Å². The van der Waals surface area contributed by atoms with Crippen LogP contribution in [-0.2, 0) is 17.3 Å². The number of ether oxygens (including phenoxy) is 1. The van der Waals surface area contributed by atoms with Gasteiger partial charge in [-0.25, -0.2) is 0 Å². The quantitative estimate of drug-likeness (QED) is 0.481. The highest BCUT2D eigenvalue weighted by Gasteiger charge is 2.32. The number of halogens is 3. The highest BCUT2D eigenvalue weighted by Crippen LogP contribution is 2.32. The van der Waals surface area contributed by atoms with Gasteiger partial charge in [0.2, 0.25) is 0 Å². The fraction of sp³-hybridized carbons (Fsp3) is 0.409. The number of fused-ring (bicyclic) bond motifs is 1. The topological polar surface area (TPSA) is 67.0 Å². The van der Waals surface area contributed by atoms with Crippen LogP contribution in [0.15, 0.2) is 53.7 Å². The Balaban J connectivity index is 1.46. The molecule has 1 aromatic carbocycles. The molecule has 0 bridgehead atoms. The molecule has 32 heavy (non-hydrogen) atoms. The van der Waals surface area contributed by atoms with Crippen LogP contribution in [0.3, 0.4) is 0 Å². The van der Waals surface area contributed by atoms with Crippen LogP contribution >= 0.6 is 0 Å². The summed E-state index contributed by atoms with van der Waals surface area (Å²) in [6, 6.07) is 11.1. The number of morpholine rings is 1. The number of aliphatic imine (C=N–C) groups is 1. The maximum Gasteiger partial charge on any atom is 0.416 e. The van der Waals surface area contributed by atoms with Gasteiger partial charge >= 0.3 is 6.18 Å². The summed E-state index contributed by atoms with van der Waals surface area (Å²) in [5.41, 5.74) is 0.627. The Morgan fingerprint density at radius 3 is 2.91 bits per heavy atom. The van der Waals surface area contributed by atoms with E-state index in [-0.39, 0.29) is 0 Å². The van der Waals surface area contributed by atoms with Crippen molar-refractivity contribution >= 4 is 11.6 Å². The first-order valence-electron chi connectivity index (χ1n) is 10.6. The lowest BCUT2D eigenvalue weighted by atomic mass is 10.0. The Morgan fingerprint density at radius 2 is 2.09 bits per heavy atom. The Bertz CT molecular complexity index is 1080. The second-order valence-electron chi connectivity index (χ2n) is 7.46. The predicted molar refractivity (Wildman–Crippen MR) is 114 cm³/mol. The summed E-state index contributed by atoms with van der Waals surface area (Å²) in [5, 5.41) is 11.7. The molecule has 4 rings (SSSR count). The zero-order chi connectivity index (χ0) is 22.6. The molecule has 1 N–H and O–H groups in total. The first-order chi connectivity index (χ1) is 15.5. The lowest BCUT2D eigenvalue weighted by molar-refractivity contribution is -0.137. The van der Waals surface area contributed by atoms with Gasteiger partial charge in [0.05, 0.1) is 18.7 Å². The van der Waals surface area contributed by atoms with Gasteiger partial charge < -0.3 is 15.0 Å². The molecule has 7 nitrogen and oxygen atoms in total. The van der Waals surface area contributed by atoms with Crippen LogP contribution in [0.2, 0.25) is 0 Å². The van der Waals surface area contributed by atoms with Crippen molar-refractivity contribution in [3.05, 3.63) is 65.6 Å². The van der Waals surface area contributed by atoms with E-state index in [9.17, 15) is 13.2 Å². The van der Waals surface area contributed by atoms with Crippen LogP contribution in [0.5, 0.6) is 0 Å². The van der Waals surface area contributed by atoms with E-state index in [4.69, 9.17) is 9.73 Å². The molecule has 1 saturated heterocycles. The minimum Gasteiger partial charge on any atom is -0.370 e. The van der Waals surface area contributed by atoms with Crippen molar-refractivity contribution in [3.63, 3.8) is 0 Å². The third kappa shape index (κ3) is 5.01. The van der Waals surface area contributed by atoms with E-state index in [1.54, 1.807) is 6.07 Å². The van der Waals surface area contributed by atoms with Crippen LogP contribution in [0.1, 0.15) is 30.0 Å². The normalized spacial score (nSPS) is 17.7. The van der Waals surface area contributed by atoms with Crippen LogP contribution in [0.25, 0.3) is 5.65 Å². The van der Waals surface area contributed by atoms with E-state index in [0.717, 1.165) is 23.6 Å². The molecule has 1 unspecified atom stereocenters. The monoisotopic (exact) mass is 446 g/mol. The summed E-state index contributed by atoms with van der Waals surface area (Å²) < 4.78 is 47.0. The summed E-state index contributed by atoms with van der Waals surface area (Å²) in [7, 11) is 0. The summed E-state index contributed by atoms with van der Waals surface area (Å²) >= 11 is 0. The van der Waals surface area contributed by atoms with Crippen LogP contribution in [0, 0.1) is 0 Å². The predicted octanol–water partition coefficient (Wildman–Crippen LogP) is 3.33. The molecule has 10 heteroatoms.